The second-order valence-corrected chi connectivity index (χ2v) is 24.6. The maximum absolute atomic E-state index is 12.5. The fourth-order valence-electron chi connectivity index (χ4n) is 11.2. The van der Waals surface area contributed by atoms with Gasteiger partial charge in [-0.25, -0.2) is 0 Å². The molecule has 2 unspecified atom stereocenters. The van der Waals surface area contributed by atoms with Crippen molar-refractivity contribution < 1.29 is 24.5 Å². The van der Waals surface area contributed by atoms with Crippen LogP contribution in [0.1, 0.15) is 393 Å². The third-order valence-corrected chi connectivity index (χ3v) is 16.6. The molecule has 0 rings (SSSR count). The Kier molecular flexibility index (Phi) is 66.9. The average Bonchev–Trinajstić information content (AvgIpc) is 3.45. The highest BCUT2D eigenvalue weighted by Gasteiger charge is 2.18. The van der Waals surface area contributed by atoms with E-state index in [1.54, 1.807) is 6.08 Å². The molecule has 3 N–H and O–H groups in total. The molecule has 0 radical (unpaired) electrons. The number of hydrogen-bond donors (Lipinski definition) is 3. The average molecular weight is 1110 g/mol. The molecule has 0 saturated carbocycles. The van der Waals surface area contributed by atoms with E-state index < -0.39 is 12.1 Å². The number of hydrogen-bond acceptors (Lipinski definition) is 5. The van der Waals surface area contributed by atoms with Crippen LogP contribution in [0.25, 0.3) is 0 Å². The zero-order valence-corrected chi connectivity index (χ0v) is 53.4. The van der Waals surface area contributed by atoms with Crippen molar-refractivity contribution in [3.63, 3.8) is 0 Å². The first kappa shape index (κ1) is 77.1. The molecule has 0 bridgehead atoms. The van der Waals surface area contributed by atoms with Crippen LogP contribution in [0, 0.1) is 0 Å². The second kappa shape index (κ2) is 68.6. The van der Waals surface area contributed by atoms with Crippen molar-refractivity contribution in [1.29, 1.82) is 0 Å². The van der Waals surface area contributed by atoms with E-state index in [0.29, 0.717) is 19.4 Å². The maximum Gasteiger partial charge on any atom is 0.305 e. The number of amides is 1. The number of aliphatic hydroxyl groups excluding tert-OH is 2. The monoisotopic (exact) mass is 1110 g/mol. The Morgan fingerprint density at radius 2 is 0.595 bits per heavy atom. The first-order valence-electron chi connectivity index (χ1n) is 35.8. The molecule has 0 aromatic rings. The zero-order valence-electron chi connectivity index (χ0n) is 53.4. The van der Waals surface area contributed by atoms with Crippen LogP contribution in [0.3, 0.4) is 0 Å². The highest BCUT2D eigenvalue weighted by molar-refractivity contribution is 5.76. The van der Waals surface area contributed by atoms with Gasteiger partial charge in [0.1, 0.15) is 0 Å². The van der Waals surface area contributed by atoms with Crippen molar-refractivity contribution in [3.8, 4) is 0 Å². The van der Waals surface area contributed by atoms with Gasteiger partial charge in [-0.3, -0.25) is 9.59 Å². The minimum absolute atomic E-state index is 0.0113. The summed E-state index contributed by atoms with van der Waals surface area (Å²) in [5, 5.41) is 23.1. The Morgan fingerprint density at radius 1 is 0.342 bits per heavy atom. The molecular formula is C73H139NO5. The Labute approximate surface area is 494 Å². The normalized spacial score (nSPS) is 12.7. The molecule has 0 spiro atoms. The van der Waals surface area contributed by atoms with E-state index in [9.17, 15) is 19.8 Å². The summed E-state index contributed by atoms with van der Waals surface area (Å²) in [6.45, 7) is 4.90. The van der Waals surface area contributed by atoms with Crippen molar-refractivity contribution in [2.75, 3.05) is 13.2 Å². The number of carbonyl (C=O) groups excluding carboxylic acids is 2. The van der Waals surface area contributed by atoms with Crippen molar-refractivity contribution in [2.45, 2.75) is 405 Å². The lowest BCUT2D eigenvalue weighted by Gasteiger charge is -2.20. The number of nitrogens with one attached hydrogen (secondary N) is 1. The van der Waals surface area contributed by atoms with Gasteiger partial charge in [0.25, 0.3) is 0 Å². The smallest absolute Gasteiger partial charge is 0.305 e. The Bertz CT molecular complexity index is 1280. The third-order valence-electron chi connectivity index (χ3n) is 16.6. The summed E-state index contributed by atoms with van der Waals surface area (Å²) >= 11 is 0. The van der Waals surface area contributed by atoms with Crippen LogP contribution in [0.4, 0.5) is 0 Å². The Hall–Kier alpha value is -1.92. The van der Waals surface area contributed by atoms with Crippen LogP contribution in [0.2, 0.25) is 0 Å². The summed E-state index contributed by atoms with van der Waals surface area (Å²) in [7, 11) is 0. The fraction of sp³-hybridized carbons (Fsp3) is 0.890. The lowest BCUT2D eigenvalue weighted by molar-refractivity contribution is -0.143. The van der Waals surface area contributed by atoms with Crippen LogP contribution < -0.4 is 5.32 Å². The Balaban J connectivity index is 3.33. The number of esters is 1. The zero-order chi connectivity index (χ0) is 57.1. The van der Waals surface area contributed by atoms with Gasteiger partial charge >= 0.3 is 5.97 Å². The van der Waals surface area contributed by atoms with Crippen molar-refractivity contribution in [2.24, 2.45) is 0 Å². The van der Waals surface area contributed by atoms with E-state index in [2.05, 4.69) is 43.5 Å². The van der Waals surface area contributed by atoms with Gasteiger partial charge in [-0.1, -0.05) is 333 Å². The van der Waals surface area contributed by atoms with Gasteiger partial charge in [0, 0.05) is 12.8 Å². The van der Waals surface area contributed by atoms with Gasteiger partial charge in [0.05, 0.1) is 25.4 Å². The quantitative estimate of drug-likeness (QED) is 0.0320. The van der Waals surface area contributed by atoms with E-state index in [4.69, 9.17) is 4.74 Å². The molecule has 0 aliphatic heterocycles. The molecule has 6 nitrogen and oxygen atoms in total. The molecule has 0 heterocycles. The number of unbranched alkanes of at least 4 members (excludes halogenated alkanes) is 52. The van der Waals surface area contributed by atoms with Crippen LogP contribution in [-0.2, 0) is 14.3 Å². The lowest BCUT2D eigenvalue weighted by Crippen LogP contribution is -2.45. The van der Waals surface area contributed by atoms with E-state index in [-0.39, 0.29) is 18.5 Å². The van der Waals surface area contributed by atoms with Crippen LogP contribution in [0.15, 0.2) is 36.5 Å². The number of carbonyl (C=O) groups is 2. The molecule has 1 amide bonds. The van der Waals surface area contributed by atoms with Gasteiger partial charge in [0.2, 0.25) is 5.91 Å². The highest BCUT2D eigenvalue weighted by Crippen LogP contribution is 2.18. The minimum atomic E-state index is -0.841. The van der Waals surface area contributed by atoms with Gasteiger partial charge in [0.15, 0.2) is 0 Å². The summed E-state index contributed by atoms with van der Waals surface area (Å²) in [5.41, 5.74) is 0. The molecule has 0 aromatic carbocycles. The number of allylic oxidation sites excluding steroid dienone is 5. The molecule has 0 aliphatic rings. The van der Waals surface area contributed by atoms with Crippen molar-refractivity contribution >= 4 is 11.9 Å². The van der Waals surface area contributed by atoms with Crippen molar-refractivity contribution in [3.05, 3.63) is 36.5 Å². The van der Waals surface area contributed by atoms with Gasteiger partial charge in [-0.15, -0.1) is 0 Å². The lowest BCUT2D eigenvalue weighted by atomic mass is 10.0. The second-order valence-electron chi connectivity index (χ2n) is 24.6. The number of aliphatic hydroxyl groups is 2. The number of ether oxygens (including phenoxy) is 1. The summed E-state index contributed by atoms with van der Waals surface area (Å²) in [6, 6.07) is -0.624. The first-order chi connectivity index (χ1) is 39.0. The fourth-order valence-corrected chi connectivity index (χ4v) is 11.2. The molecule has 6 heteroatoms. The van der Waals surface area contributed by atoms with Gasteiger partial charge in [-0.05, 0) is 83.5 Å². The third kappa shape index (κ3) is 65.1. The standard InChI is InChI=1S/C73H139NO5/c1-3-5-7-9-11-13-15-42-45-49-53-57-61-65-71(76)70(69-75)74-72(77)66-62-58-54-50-46-43-40-38-36-34-32-30-28-26-24-22-20-18-17-19-21-23-25-27-29-31-33-35-37-39-41-44-48-52-56-60-64-68-79-73(78)67-63-59-55-51-47-16-14-12-10-8-6-4-2/h12,14,17,19,61,65,70-71,75-76H,3-11,13,15-16,18,20-60,62-64,66-69H2,1-2H3,(H,74,77)/b14-12-,19-17-,65-61+. The summed E-state index contributed by atoms with van der Waals surface area (Å²) < 4.78 is 5.48. The molecule has 2 atom stereocenters. The van der Waals surface area contributed by atoms with Crippen LogP contribution >= 0.6 is 0 Å². The summed E-state index contributed by atoms with van der Waals surface area (Å²) in [5.74, 6) is -0.0514. The molecular weight excluding hydrogens is 971 g/mol. The summed E-state index contributed by atoms with van der Waals surface area (Å²) in [4.78, 5) is 24.5. The molecule has 0 aliphatic carbocycles. The van der Waals surface area contributed by atoms with Crippen LogP contribution in [0.5, 0.6) is 0 Å². The summed E-state index contributed by atoms with van der Waals surface area (Å²) in [6.07, 6.45) is 88.2. The van der Waals surface area contributed by atoms with Crippen molar-refractivity contribution in [1.82, 2.24) is 5.32 Å². The van der Waals surface area contributed by atoms with E-state index in [1.807, 2.05) is 6.08 Å². The minimum Gasteiger partial charge on any atom is -0.466 e. The van der Waals surface area contributed by atoms with Gasteiger partial charge in [-0.2, -0.15) is 0 Å². The largest absolute Gasteiger partial charge is 0.466 e. The highest BCUT2D eigenvalue weighted by atomic mass is 16.5. The molecule has 0 fully saturated rings. The molecule has 466 valence electrons. The van der Waals surface area contributed by atoms with E-state index in [1.165, 1.54) is 321 Å². The van der Waals surface area contributed by atoms with Gasteiger partial charge < -0.3 is 20.3 Å². The first-order valence-corrected chi connectivity index (χ1v) is 35.8. The molecule has 0 saturated heterocycles. The predicted molar refractivity (Wildman–Crippen MR) is 347 cm³/mol. The SMILES string of the molecule is CCCCC/C=C\CCCCCCCC(=O)OCCCCCCCCCCCCCCCCCC/C=C\CCCCCCCCCCCCCCCCCCCC(=O)NC(CO)C(O)/C=C/CCCCCCCCCCCCC. The topological polar surface area (TPSA) is 95.9 Å². The van der Waals surface area contributed by atoms with Crippen LogP contribution in [-0.4, -0.2) is 47.4 Å². The molecule has 0 aromatic heterocycles. The molecule has 79 heavy (non-hydrogen) atoms. The number of rotatable bonds is 67. The maximum atomic E-state index is 12.5. The van der Waals surface area contributed by atoms with E-state index >= 15 is 0 Å². The van der Waals surface area contributed by atoms with E-state index in [0.717, 1.165) is 44.9 Å². The predicted octanol–water partition coefficient (Wildman–Crippen LogP) is 23.1. The Morgan fingerprint density at radius 3 is 0.924 bits per heavy atom.